The Morgan fingerprint density at radius 1 is 1.00 bits per heavy atom. The van der Waals surface area contributed by atoms with Crippen LogP contribution in [-0.2, 0) is 4.74 Å². The van der Waals surface area contributed by atoms with Crippen molar-refractivity contribution in [3.8, 4) is 16.8 Å². The third-order valence-electron chi connectivity index (χ3n) is 4.86. The lowest BCUT2D eigenvalue weighted by molar-refractivity contribution is 0.0579. The average Bonchev–Trinajstić information content (AvgIpc) is 3.19. The van der Waals surface area contributed by atoms with Crippen LogP contribution >= 0.6 is 0 Å². The van der Waals surface area contributed by atoms with E-state index in [1.165, 1.54) is 0 Å². The molecule has 3 aromatic rings. The zero-order valence-corrected chi connectivity index (χ0v) is 14.1. The van der Waals surface area contributed by atoms with Crippen molar-refractivity contribution in [3.63, 3.8) is 0 Å². The lowest BCUT2D eigenvalue weighted by Gasteiger charge is -2.26. The number of hydrogen-bond donors (Lipinski definition) is 1. The first-order valence-corrected chi connectivity index (χ1v) is 8.73. The molecule has 1 unspecified atom stereocenters. The highest BCUT2D eigenvalue weighted by molar-refractivity contribution is 5.72. The molecule has 4 rings (SSSR count). The Hall–Kier alpha value is -2.50. The number of benzene rings is 2. The van der Waals surface area contributed by atoms with Gasteiger partial charge in [0.2, 0.25) is 0 Å². The molecule has 1 aromatic heterocycles. The predicted molar refractivity (Wildman–Crippen MR) is 97.3 cm³/mol. The van der Waals surface area contributed by atoms with Crippen LogP contribution in [0, 0.1) is 5.92 Å². The third-order valence-corrected chi connectivity index (χ3v) is 4.86. The summed E-state index contributed by atoms with van der Waals surface area (Å²) in [5.41, 5.74) is 10.6. The summed E-state index contributed by atoms with van der Waals surface area (Å²) in [5.74, 6) is 0.406. The molecule has 1 aliphatic heterocycles. The van der Waals surface area contributed by atoms with Crippen molar-refractivity contribution < 1.29 is 4.74 Å². The standard InChI is InChI=1S/C20H22N4O/c21-20(16-10-12-25-13-11-16)18-14-24(23-22-18)19-9-5-4-8-17(19)15-6-2-1-3-7-15/h1-9,14,16,20H,10-13,21H2. The molecule has 2 heterocycles. The molecule has 0 aliphatic carbocycles. The van der Waals surface area contributed by atoms with E-state index in [0.29, 0.717) is 5.92 Å². The SMILES string of the molecule is NC(c1cn(-c2ccccc2-c2ccccc2)nn1)C1CCOCC1. The lowest BCUT2D eigenvalue weighted by Crippen LogP contribution is -2.27. The van der Waals surface area contributed by atoms with Crippen molar-refractivity contribution in [1.29, 1.82) is 0 Å². The van der Waals surface area contributed by atoms with Crippen molar-refractivity contribution in [1.82, 2.24) is 15.0 Å². The molecular weight excluding hydrogens is 312 g/mol. The number of hydrogen-bond acceptors (Lipinski definition) is 4. The highest BCUT2D eigenvalue weighted by Crippen LogP contribution is 2.29. The number of para-hydroxylation sites is 1. The maximum Gasteiger partial charge on any atom is 0.100 e. The van der Waals surface area contributed by atoms with Gasteiger partial charge >= 0.3 is 0 Å². The second-order valence-electron chi connectivity index (χ2n) is 6.45. The zero-order chi connectivity index (χ0) is 17.1. The minimum Gasteiger partial charge on any atom is -0.381 e. The summed E-state index contributed by atoms with van der Waals surface area (Å²) in [6.45, 7) is 1.56. The summed E-state index contributed by atoms with van der Waals surface area (Å²) < 4.78 is 7.26. The second-order valence-corrected chi connectivity index (χ2v) is 6.45. The summed E-state index contributed by atoms with van der Waals surface area (Å²) in [5, 5.41) is 8.69. The lowest BCUT2D eigenvalue weighted by atomic mass is 9.91. The van der Waals surface area contributed by atoms with Gasteiger partial charge in [-0.25, -0.2) is 4.68 Å². The maximum absolute atomic E-state index is 6.44. The molecule has 5 heteroatoms. The van der Waals surface area contributed by atoms with E-state index in [0.717, 1.165) is 48.6 Å². The molecule has 0 saturated carbocycles. The van der Waals surface area contributed by atoms with Gasteiger partial charge in [0.1, 0.15) is 5.69 Å². The van der Waals surface area contributed by atoms with Crippen molar-refractivity contribution in [2.24, 2.45) is 11.7 Å². The molecule has 0 spiro atoms. The molecule has 0 radical (unpaired) electrons. The van der Waals surface area contributed by atoms with E-state index in [-0.39, 0.29) is 6.04 Å². The van der Waals surface area contributed by atoms with Crippen LogP contribution in [0.4, 0.5) is 0 Å². The van der Waals surface area contributed by atoms with E-state index >= 15 is 0 Å². The van der Waals surface area contributed by atoms with Gasteiger partial charge in [0, 0.05) is 18.8 Å². The van der Waals surface area contributed by atoms with Crippen LogP contribution in [-0.4, -0.2) is 28.2 Å². The van der Waals surface area contributed by atoms with E-state index in [1.807, 2.05) is 41.2 Å². The molecule has 5 nitrogen and oxygen atoms in total. The third kappa shape index (κ3) is 3.34. The van der Waals surface area contributed by atoms with Crippen LogP contribution in [0.3, 0.4) is 0 Å². The fourth-order valence-corrected chi connectivity index (χ4v) is 3.40. The van der Waals surface area contributed by atoms with Crippen LogP contribution in [0.25, 0.3) is 16.8 Å². The fraction of sp³-hybridized carbons (Fsp3) is 0.300. The minimum atomic E-state index is -0.0958. The van der Waals surface area contributed by atoms with E-state index in [1.54, 1.807) is 0 Å². The number of ether oxygens (including phenoxy) is 1. The van der Waals surface area contributed by atoms with Gasteiger partial charge in [-0.15, -0.1) is 5.10 Å². The Balaban J connectivity index is 1.65. The summed E-state index contributed by atoms with van der Waals surface area (Å²) >= 11 is 0. The van der Waals surface area contributed by atoms with Gasteiger partial charge < -0.3 is 10.5 Å². The van der Waals surface area contributed by atoms with E-state index < -0.39 is 0 Å². The monoisotopic (exact) mass is 334 g/mol. The van der Waals surface area contributed by atoms with Gasteiger partial charge in [-0.1, -0.05) is 53.7 Å². The van der Waals surface area contributed by atoms with Crippen molar-refractivity contribution in [2.45, 2.75) is 18.9 Å². The first-order chi connectivity index (χ1) is 12.3. The molecule has 128 valence electrons. The largest absolute Gasteiger partial charge is 0.381 e. The highest BCUT2D eigenvalue weighted by atomic mass is 16.5. The molecular formula is C20H22N4O. The number of rotatable bonds is 4. The topological polar surface area (TPSA) is 66.0 Å². The van der Waals surface area contributed by atoms with Gasteiger partial charge in [0.15, 0.2) is 0 Å². The molecule has 0 bridgehead atoms. The van der Waals surface area contributed by atoms with Crippen LogP contribution in [0.15, 0.2) is 60.8 Å². The van der Waals surface area contributed by atoms with Crippen molar-refractivity contribution in [3.05, 3.63) is 66.5 Å². The Labute approximate surface area is 147 Å². The van der Waals surface area contributed by atoms with E-state index in [2.05, 4.69) is 34.6 Å². The quantitative estimate of drug-likeness (QED) is 0.794. The van der Waals surface area contributed by atoms with Crippen LogP contribution < -0.4 is 5.73 Å². The first kappa shape index (κ1) is 16.0. The molecule has 2 aromatic carbocycles. The first-order valence-electron chi connectivity index (χ1n) is 8.73. The predicted octanol–water partition coefficient (Wildman–Crippen LogP) is 3.36. The maximum atomic E-state index is 6.44. The Kier molecular flexibility index (Phi) is 4.59. The van der Waals surface area contributed by atoms with E-state index in [4.69, 9.17) is 10.5 Å². The fourth-order valence-electron chi connectivity index (χ4n) is 3.40. The summed E-state index contributed by atoms with van der Waals surface area (Å²) in [7, 11) is 0. The van der Waals surface area contributed by atoms with Gasteiger partial charge in [-0.2, -0.15) is 0 Å². The Bertz CT molecular complexity index is 824. The normalized spacial score (nSPS) is 16.7. The van der Waals surface area contributed by atoms with Gasteiger partial charge in [-0.3, -0.25) is 0 Å². The Morgan fingerprint density at radius 3 is 2.52 bits per heavy atom. The smallest absolute Gasteiger partial charge is 0.100 e. The highest BCUT2D eigenvalue weighted by Gasteiger charge is 2.24. The van der Waals surface area contributed by atoms with Crippen LogP contribution in [0.2, 0.25) is 0 Å². The molecule has 1 fully saturated rings. The molecule has 2 N–H and O–H groups in total. The van der Waals surface area contributed by atoms with Crippen LogP contribution in [0.5, 0.6) is 0 Å². The van der Waals surface area contributed by atoms with Gasteiger partial charge in [-0.05, 0) is 30.4 Å². The minimum absolute atomic E-state index is 0.0958. The second kappa shape index (κ2) is 7.17. The summed E-state index contributed by atoms with van der Waals surface area (Å²) in [4.78, 5) is 0. The number of nitrogens with zero attached hydrogens (tertiary/aromatic N) is 3. The summed E-state index contributed by atoms with van der Waals surface area (Å²) in [6, 6.07) is 18.4. The molecule has 1 saturated heterocycles. The summed E-state index contributed by atoms with van der Waals surface area (Å²) in [6.07, 6.45) is 3.92. The van der Waals surface area contributed by atoms with Crippen molar-refractivity contribution in [2.75, 3.05) is 13.2 Å². The Morgan fingerprint density at radius 2 is 1.72 bits per heavy atom. The number of aromatic nitrogens is 3. The zero-order valence-electron chi connectivity index (χ0n) is 14.1. The van der Waals surface area contributed by atoms with Gasteiger partial charge in [0.05, 0.1) is 17.9 Å². The van der Waals surface area contributed by atoms with Crippen molar-refractivity contribution >= 4 is 0 Å². The van der Waals surface area contributed by atoms with Gasteiger partial charge in [0.25, 0.3) is 0 Å². The molecule has 0 amide bonds. The molecule has 25 heavy (non-hydrogen) atoms. The average molecular weight is 334 g/mol. The van der Waals surface area contributed by atoms with Crippen LogP contribution in [0.1, 0.15) is 24.6 Å². The number of nitrogens with two attached hydrogens (primary N) is 1. The molecule has 1 atom stereocenters. The van der Waals surface area contributed by atoms with E-state index in [9.17, 15) is 0 Å². The molecule has 1 aliphatic rings.